The van der Waals surface area contributed by atoms with E-state index in [0.717, 1.165) is 54.9 Å². The molecule has 1 aliphatic carbocycles. The van der Waals surface area contributed by atoms with Crippen molar-refractivity contribution in [3.05, 3.63) is 58.7 Å². The van der Waals surface area contributed by atoms with Crippen molar-refractivity contribution in [3.63, 3.8) is 0 Å². The Labute approximate surface area is 185 Å². The Balaban J connectivity index is 1.90. The third kappa shape index (κ3) is 5.51. The molecule has 1 aliphatic rings. The molecule has 6 nitrogen and oxygen atoms in total. The molecule has 2 aromatic carbocycles. The van der Waals surface area contributed by atoms with Gasteiger partial charge in [0.2, 0.25) is 0 Å². The lowest BCUT2D eigenvalue weighted by Gasteiger charge is -2.25. The van der Waals surface area contributed by atoms with Crippen LogP contribution in [0.25, 0.3) is 0 Å². The number of hydrogen-bond acceptors (Lipinski definition) is 5. The zero-order chi connectivity index (χ0) is 22.6. The van der Waals surface area contributed by atoms with Gasteiger partial charge in [0.15, 0.2) is 11.6 Å². The molecule has 0 fully saturated rings. The molecule has 166 valence electrons. The number of ketones is 2. The maximum Gasteiger partial charge on any atom is 0.196 e. The molecule has 0 bridgehead atoms. The van der Waals surface area contributed by atoms with Crippen molar-refractivity contribution in [1.29, 1.82) is 0 Å². The van der Waals surface area contributed by atoms with Gasteiger partial charge in [-0.05, 0) is 39.2 Å². The van der Waals surface area contributed by atoms with Gasteiger partial charge in [-0.2, -0.15) is 0 Å². The van der Waals surface area contributed by atoms with E-state index in [4.69, 9.17) is 0 Å². The second-order valence-corrected chi connectivity index (χ2v) is 9.49. The van der Waals surface area contributed by atoms with Crippen molar-refractivity contribution in [3.8, 4) is 0 Å². The summed E-state index contributed by atoms with van der Waals surface area (Å²) in [7, 11) is 10.6. The summed E-state index contributed by atoms with van der Waals surface area (Å²) in [4.78, 5) is 28.9. The average Bonchev–Trinajstić information content (AvgIpc) is 2.72. The van der Waals surface area contributed by atoms with Gasteiger partial charge in [0, 0.05) is 42.0 Å². The first-order chi connectivity index (χ1) is 14.7. The normalized spacial score (nSPS) is 13.2. The highest BCUT2D eigenvalue weighted by atomic mass is 16.1. The van der Waals surface area contributed by atoms with Crippen LogP contribution in [0.15, 0.2) is 36.4 Å². The molecule has 0 radical (unpaired) electrons. The van der Waals surface area contributed by atoms with E-state index < -0.39 is 0 Å². The molecule has 0 aromatic heterocycles. The van der Waals surface area contributed by atoms with Crippen LogP contribution in [0.5, 0.6) is 0 Å². The molecule has 0 saturated carbocycles. The van der Waals surface area contributed by atoms with Crippen molar-refractivity contribution in [2.45, 2.75) is 12.8 Å². The lowest BCUT2D eigenvalue weighted by atomic mass is 9.82. The number of hydrogen-bond donors (Lipinski definition) is 2. The summed E-state index contributed by atoms with van der Waals surface area (Å²) in [6.07, 6.45) is 1.92. The number of carbonyl (C=O) groups is 2. The van der Waals surface area contributed by atoms with Crippen LogP contribution in [0, 0.1) is 0 Å². The third-order valence-electron chi connectivity index (χ3n) is 5.49. The van der Waals surface area contributed by atoms with Gasteiger partial charge in [0.05, 0.1) is 38.8 Å². The van der Waals surface area contributed by atoms with E-state index in [1.54, 1.807) is 12.1 Å². The van der Waals surface area contributed by atoms with Crippen LogP contribution in [0.4, 0.5) is 11.4 Å². The van der Waals surface area contributed by atoms with Crippen molar-refractivity contribution < 1.29 is 14.1 Å². The Morgan fingerprint density at radius 1 is 0.774 bits per heavy atom. The van der Waals surface area contributed by atoms with Gasteiger partial charge < -0.3 is 20.0 Å². The van der Waals surface area contributed by atoms with E-state index in [1.165, 1.54) is 0 Å². The zero-order valence-corrected chi connectivity index (χ0v) is 19.4. The van der Waals surface area contributed by atoms with Crippen LogP contribution in [0.1, 0.15) is 44.7 Å². The van der Waals surface area contributed by atoms with E-state index in [0.29, 0.717) is 22.3 Å². The molecule has 2 aromatic rings. The summed E-state index contributed by atoms with van der Waals surface area (Å²) in [5.74, 6) is -0.174. The Morgan fingerprint density at radius 2 is 1.26 bits per heavy atom. The smallest absolute Gasteiger partial charge is 0.196 e. The van der Waals surface area contributed by atoms with Crippen LogP contribution in [0.2, 0.25) is 0 Å². The van der Waals surface area contributed by atoms with E-state index in [1.807, 2.05) is 38.4 Å². The first kappa shape index (κ1) is 23.0. The lowest BCUT2D eigenvalue weighted by Crippen LogP contribution is -2.36. The summed E-state index contributed by atoms with van der Waals surface area (Å²) in [6, 6.07) is 11.0. The summed E-state index contributed by atoms with van der Waals surface area (Å²) >= 11 is 0. The number of benzene rings is 2. The second kappa shape index (κ2) is 9.62. The maximum atomic E-state index is 13.4. The minimum Gasteiger partial charge on any atom is -0.384 e. The van der Waals surface area contributed by atoms with Crippen molar-refractivity contribution in [2.75, 3.05) is 72.1 Å². The van der Waals surface area contributed by atoms with Gasteiger partial charge in [0.25, 0.3) is 0 Å². The molecule has 0 atom stereocenters. The molecule has 2 N–H and O–H groups in total. The first-order valence-electron chi connectivity index (χ1n) is 11.0. The molecule has 0 saturated heterocycles. The fraction of sp³-hybridized carbons (Fsp3) is 0.440. The summed E-state index contributed by atoms with van der Waals surface area (Å²) < 4.78 is 0.889. The Morgan fingerprint density at radius 3 is 1.71 bits per heavy atom. The number of carbonyl (C=O) groups excluding carboxylic acids is 2. The van der Waals surface area contributed by atoms with E-state index in [9.17, 15) is 9.59 Å². The molecule has 31 heavy (non-hydrogen) atoms. The minimum atomic E-state index is -0.0877. The predicted molar refractivity (Wildman–Crippen MR) is 127 cm³/mol. The maximum absolute atomic E-state index is 13.4. The van der Waals surface area contributed by atoms with Gasteiger partial charge in [-0.25, -0.2) is 0 Å². The van der Waals surface area contributed by atoms with Crippen LogP contribution in [-0.2, 0) is 0 Å². The topological polar surface area (TPSA) is 61.4 Å². The minimum absolute atomic E-state index is 0.0868. The van der Waals surface area contributed by atoms with Gasteiger partial charge >= 0.3 is 0 Å². The molecule has 0 spiro atoms. The van der Waals surface area contributed by atoms with E-state index >= 15 is 0 Å². The Kier molecular flexibility index (Phi) is 7.13. The second-order valence-electron chi connectivity index (χ2n) is 9.49. The zero-order valence-electron chi connectivity index (χ0n) is 19.4. The average molecular weight is 424 g/mol. The Hall–Kier alpha value is -2.70. The molecular weight excluding hydrogens is 388 g/mol. The molecule has 0 aliphatic heterocycles. The predicted octanol–water partition coefficient (Wildman–Crippen LogP) is 3.33. The van der Waals surface area contributed by atoms with Gasteiger partial charge in [-0.15, -0.1) is 0 Å². The SMILES string of the molecule is CN(C)CCCNc1ccc(NCCC[N+](C)(C)C)c2c1C(=O)c1ccccc1C2=O. The first-order valence-corrected chi connectivity index (χ1v) is 11.0. The number of rotatable bonds is 10. The summed E-state index contributed by atoms with van der Waals surface area (Å²) in [5.41, 5.74) is 3.43. The number of fused-ring (bicyclic) bond motifs is 2. The largest absolute Gasteiger partial charge is 0.384 e. The fourth-order valence-electron chi connectivity index (χ4n) is 3.91. The summed E-state index contributed by atoms with van der Waals surface area (Å²) in [5, 5.41) is 6.81. The quantitative estimate of drug-likeness (QED) is 0.387. The summed E-state index contributed by atoms with van der Waals surface area (Å²) in [6.45, 7) is 3.47. The van der Waals surface area contributed by atoms with Crippen LogP contribution in [-0.4, -0.2) is 82.4 Å². The highest BCUT2D eigenvalue weighted by Gasteiger charge is 2.33. The number of anilines is 2. The molecule has 0 amide bonds. The monoisotopic (exact) mass is 423 g/mol. The fourth-order valence-corrected chi connectivity index (χ4v) is 3.91. The standard InChI is InChI=1S/C25H34N4O2/c1-28(2)16-8-14-26-20-12-13-21(27-15-9-17-29(3,4)5)23-22(20)24(30)18-10-6-7-11-19(18)25(23)31/h6-7,10-13H,8-9,14-17H2,1-5H3,(H-,26,27,30,31)/p+1. The van der Waals surface area contributed by atoms with Crippen molar-refractivity contribution >= 4 is 22.9 Å². The van der Waals surface area contributed by atoms with Crippen molar-refractivity contribution in [2.24, 2.45) is 0 Å². The van der Waals surface area contributed by atoms with E-state index in [-0.39, 0.29) is 11.6 Å². The lowest BCUT2D eigenvalue weighted by molar-refractivity contribution is -0.870. The van der Waals surface area contributed by atoms with Gasteiger partial charge in [-0.3, -0.25) is 9.59 Å². The molecular formula is C25H35N4O2+. The van der Waals surface area contributed by atoms with Crippen LogP contribution < -0.4 is 10.6 Å². The van der Waals surface area contributed by atoms with Gasteiger partial charge in [-0.1, -0.05) is 24.3 Å². The highest BCUT2D eigenvalue weighted by molar-refractivity contribution is 6.31. The Bertz CT molecular complexity index is 960. The third-order valence-corrected chi connectivity index (χ3v) is 5.49. The van der Waals surface area contributed by atoms with Crippen LogP contribution in [0.3, 0.4) is 0 Å². The van der Waals surface area contributed by atoms with E-state index in [2.05, 4.69) is 36.7 Å². The molecule has 3 rings (SSSR count). The molecule has 0 unspecified atom stereocenters. The van der Waals surface area contributed by atoms with Gasteiger partial charge in [0.1, 0.15) is 0 Å². The number of nitrogens with zero attached hydrogens (tertiary/aromatic N) is 2. The van der Waals surface area contributed by atoms with Crippen molar-refractivity contribution in [1.82, 2.24) is 4.90 Å². The van der Waals surface area contributed by atoms with Crippen LogP contribution >= 0.6 is 0 Å². The molecule has 6 heteroatoms. The highest BCUT2D eigenvalue weighted by Crippen LogP contribution is 2.36. The molecule has 0 heterocycles. The number of nitrogens with one attached hydrogen (secondary N) is 2. The number of quaternary nitrogens is 1.